The van der Waals surface area contributed by atoms with Gasteiger partial charge in [0.2, 0.25) is 0 Å². The fraction of sp³-hybridized carbons (Fsp3) is 0.478. The average molecular weight is 568 g/mol. The van der Waals surface area contributed by atoms with Crippen molar-refractivity contribution >= 4 is 60.4 Å². The van der Waals surface area contributed by atoms with Gasteiger partial charge in [0.1, 0.15) is 9.84 Å². The molecular formula is C23H29Cl3N2O4S2. The number of hydrogen-bond acceptors (Lipinski definition) is 5. The molecule has 0 amide bonds. The summed E-state index contributed by atoms with van der Waals surface area (Å²) < 4.78 is 52.2. The summed E-state index contributed by atoms with van der Waals surface area (Å²) in [6, 6.07) is 10.3. The molecule has 0 spiro atoms. The van der Waals surface area contributed by atoms with Gasteiger partial charge in [-0.25, -0.2) is 16.8 Å². The van der Waals surface area contributed by atoms with Crippen molar-refractivity contribution < 1.29 is 16.8 Å². The van der Waals surface area contributed by atoms with Crippen molar-refractivity contribution in [2.75, 3.05) is 35.9 Å². The summed E-state index contributed by atoms with van der Waals surface area (Å²) in [5.41, 5.74) is 0.310. The number of hydrogen-bond donors (Lipinski definition) is 0. The monoisotopic (exact) mass is 566 g/mol. The van der Waals surface area contributed by atoms with E-state index in [-0.39, 0.29) is 21.6 Å². The first kappa shape index (κ1) is 27.6. The van der Waals surface area contributed by atoms with Gasteiger partial charge < -0.3 is 4.90 Å². The van der Waals surface area contributed by atoms with Gasteiger partial charge in [-0.3, -0.25) is 4.31 Å². The lowest BCUT2D eigenvalue weighted by Gasteiger charge is -2.35. The van der Waals surface area contributed by atoms with Crippen LogP contribution in [0.5, 0.6) is 0 Å². The predicted octanol–water partition coefficient (Wildman–Crippen LogP) is 5.38. The number of likely N-dealkylation sites (tertiary alicyclic amines) is 1. The Balaban J connectivity index is 1.85. The molecule has 0 radical (unpaired) electrons. The van der Waals surface area contributed by atoms with Crippen LogP contribution in [0.15, 0.2) is 47.4 Å². The Hall–Kier alpha value is -1.03. The molecular weight excluding hydrogens is 539 g/mol. The van der Waals surface area contributed by atoms with Crippen molar-refractivity contribution in [2.45, 2.75) is 37.1 Å². The van der Waals surface area contributed by atoms with Crippen LogP contribution >= 0.6 is 34.8 Å². The molecule has 11 heteroatoms. The van der Waals surface area contributed by atoms with E-state index in [9.17, 15) is 16.8 Å². The van der Waals surface area contributed by atoms with E-state index in [2.05, 4.69) is 4.90 Å². The van der Waals surface area contributed by atoms with Gasteiger partial charge in [0.05, 0.1) is 21.4 Å². The largest absolute Gasteiger partial charge is 0.303 e. The molecule has 1 saturated heterocycles. The zero-order valence-corrected chi connectivity index (χ0v) is 23.0. The standard InChI is InChI=1S/C23H29Cl3N2O4S2/c1-17(11-13-27-12-3-4-18(15-27)16-33(2,29)30)28(23-14-20(25)7-10-22(23)26)34(31,32)21-8-5-19(24)6-9-21/h5-10,14,17-18H,3-4,11-13,15-16H2,1-2H3/t17-,18?/m1/s1. The molecule has 188 valence electrons. The molecule has 2 aromatic carbocycles. The Bertz CT molecular complexity index is 1210. The van der Waals surface area contributed by atoms with Gasteiger partial charge in [0.25, 0.3) is 10.0 Å². The van der Waals surface area contributed by atoms with Crippen LogP contribution in [-0.4, -0.2) is 59.4 Å². The molecule has 0 bridgehead atoms. The molecule has 0 N–H and O–H groups in total. The molecule has 1 unspecified atom stereocenters. The summed E-state index contributed by atoms with van der Waals surface area (Å²) in [4.78, 5) is 2.31. The SMILES string of the molecule is C[C@H](CCN1CCCC(CS(C)(=O)=O)C1)N(c1cc(Cl)ccc1Cl)S(=O)(=O)c1ccc(Cl)cc1. The molecule has 2 atom stereocenters. The second-order valence-corrected chi connectivity index (χ2v) is 14.2. The number of piperidine rings is 1. The van der Waals surface area contributed by atoms with Gasteiger partial charge in [-0.1, -0.05) is 34.8 Å². The van der Waals surface area contributed by atoms with Crippen molar-refractivity contribution in [1.29, 1.82) is 0 Å². The Labute approximate surface area is 217 Å². The quantitative estimate of drug-likeness (QED) is 0.407. The van der Waals surface area contributed by atoms with Crippen LogP contribution in [0, 0.1) is 5.92 Å². The van der Waals surface area contributed by atoms with E-state index in [4.69, 9.17) is 34.8 Å². The molecule has 1 aliphatic rings. The number of benzene rings is 2. The first-order chi connectivity index (χ1) is 15.9. The van der Waals surface area contributed by atoms with Crippen LogP contribution in [0.3, 0.4) is 0 Å². The zero-order valence-electron chi connectivity index (χ0n) is 19.1. The maximum atomic E-state index is 13.7. The minimum absolute atomic E-state index is 0.0929. The lowest BCUT2D eigenvalue weighted by molar-refractivity contribution is 0.181. The third kappa shape index (κ3) is 7.24. The van der Waals surface area contributed by atoms with Crippen molar-refractivity contribution in [3.05, 3.63) is 57.5 Å². The highest BCUT2D eigenvalue weighted by Crippen LogP contribution is 2.35. The van der Waals surface area contributed by atoms with E-state index >= 15 is 0 Å². The van der Waals surface area contributed by atoms with Crippen LogP contribution in [-0.2, 0) is 19.9 Å². The Morgan fingerprint density at radius 3 is 2.32 bits per heavy atom. The molecule has 1 aliphatic heterocycles. The van der Waals surface area contributed by atoms with Crippen molar-refractivity contribution in [3.63, 3.8) is 0 Å². The van der Waals surface area contributed by atoms with E-state index in [0.717, 1.165) is 19.4 Å². The molecule has 1 heterocycles. The maximum absolute atomic E-state index is 13.7. The topological polar surface area (TPSA) is 74.8 Å². The van der Waals surface area contributed by atoms with E-state index < -0.39 is 25.9 Å². The van der Waals surface area contributed by atoms with E-state index in [1.807, 2.05) is 6.92 Å². The van der Waals surface area contributed by atoms with Gasteiger partial charge in [-0.05, 0) is 81.1 Å². The molecule has 6 nitrogen and oxygen atoms in total. The van der Waals surface area contributed by atoms with Gasteiger partial charge in [0, 0.05) is 35.4 Å². The van der Waals surface area contributed by atoms with E-state index in [1.165, 1.54) is 34.8 Å². The first-order valence-corrected chi connectivity index (χ1v) is 15.7. The number of anilines is 1. The van der Waals surface area contributed by atoms with Crippen LogP contribution in [0.1, 0.15) is 26.2 Å². The van der Waals surface area contributed by atoms with Crippen molar-refractivity contribution in [3.8, 4) is 0 Å². The Morgan fingerprint density at radius 2 is 1.68 bits per heavy atom. The highest BCUT2D eigenvalue weighted by molar-refractivity contribution is 7.93. The molecule has 0 aliphatic carbocycles. The summed E-state index contributed by atoms with van der Waals surface area (Å²) in [5.74, 6) is 0.268. The Morgan fingerprint density at radius 1 is 1.03 bits per heavy atom. The van der Waals surface area contributed by atoms with Gasteiger partial charge >= 0.3 is 0 Å². The molecule has 3 rings (SSSR count). The molecule has 0 saturated carbocycles. The first-order valence-electron chi connectivity index (χ1n) is 11.0. The second-order valence-electron chi connectivity index (χ2n) is 8.89. The van der Waals surface area contributed by atoms with E-state index in [0.29, 0.717) is 35.2 Å². The summed E-state index contributed by atoms with van der Waals surface area (Å²) in [6.45, 7) is 4.01. The fourth-order valence-electron chi connectivity index (χ4n) is 4.38. The Kier molecular flexibility index (Phi) is 9.20. The third-order valence-corrected chi connectivity index (χ3v) is 9.75. The predicted molar refractivity (Wildman–Crippen MR) is 141 cm³/mol. The van der Waals surface area contributed by atoms with Crippen LogP contribution in [0.2, 0.25) is 15.1 Å². The number of sulfone groups is 1. The summed E-state index contributed by atoms with van der Waals surface area (Å²) in [7, 11) is -7.00. The lowest BCUT2D eigenvalue weighted by atomic mass is 9.99. The summed E-state index contributed by atoms with van der Waals surface area (Å²) in [6.07, 6.45) is 3.60. The summed E-state index contributed by atoms with van der Waals surface area (Å²) in [5, 5.41) is 1.09. The molecule has 1 fully saturated rings. The molecule has 0 aromatic heterocycles. The van der Waals surface area contributed by atoms with Gasteiger partial charge in [-0.2, -0.15) is 0 Å². The fourth-order valence-corrected chi connectivity index (χ4v) is 7.76. The highest BCUT2D eigenvalue weighted by Gasteiger charge is 2.32. The van der Waals surface area contributed by atoms with Gasteiger partial charge in [0.15, 0.2) is 0 Å². The molecule has 2 aromatic rings. The zero-order chi connectivity index (χ0) is 25.1. The van der Waals surface area contributed by atoms with Crippen molar-refractivity contribution in [1.82, 2.24) is 4.90 Å². The van der Waals surface area contributed by atoms with Crippen LogP contribution in [0.4, 0.5) is 5.69 Å². The molecule has 34 heavy (non-hydrogen) atoms. The normalized spacial score (nSPS) is 18.6. The minimum atomic E-state index is -3.96. The van der Waals surface area contributed by atoms with Crippen LogP contribution in [0.25, 0.3) is 0 Å². The average Bonchev–Trinajstić information content (AvgIpc) is 2.74. The van der Waals surface area contributed by atoms with Gasteiger partial charge in [-0.15, -0.1) is 0 Å². The third-order valence-electron chi connectivity index (χ3n) is 5.92. The summed E-state index contributed by atoms with van der Waals surface area (Å²) >= 11 is 18.6. The number of halogens is 3. The lowest BCUT2D eigenvalue weighted by Crippen LogP contribution is -2.43. The smallest absolute Gasteiger partial charge is 0.264 e. The number of nitrogens with zero attached hydrogens (tertiary/aromatic N) is 2. The van der Waals surface area contributed by atoms with Crippen molar-refractivity contribution in [2.24, 2.45) is 5.92 Å². The highest BCUT2D eigenvalue weighted by atomic mass is 35.5. The number of rotatable bonds is 9. The minimum Gasteiger partial charge on any atom is -0.303 e. The number of sulfonamides is 1. The van der Waals surface area contributed by atoms with E-state index in [1.54, 1.807) is 18.2 Å². The second kappa shape index (κ2) is 11.4. The maximum Gasteiger partial charge on any atom is 0.264 e. The van der Waals surface area contributed by atoms with Crippen LogP contribution < -0.4 is 4.31 Å².